The fraction of sp³-hybridized carbons (Fsp3) is 0.750. The SMILES string of the molecule is CSC(=N)C1CCN(C(=O)O)CC1O. The van der Waals surface area contributed by atoms with Gasteiger partial charge in [-0.1, -0.05) is 0 Å². The van der Waals surface area contributed by atoms with E-state index in [4.69, 9.17) is 10.5 Å². The number of piperidine rings is 1. The van der Waals surface area contributed by atoms with Gasteiger partial charge >= 0.3 is 6.09 Å². The number of nitrogens with one attached hydrogen (secondary N) is 1. The molecule has 1 heterocycles. The lowest BCUT2D eigenvalue weighted by molar-refractivity contribution is 0.0474. The highest BCUT2D eigenvalue weighted by molar-refractivity contribution is 8.13. The van der Waals surface area contributed by atoms with Crippen molar-refractivity contribution in [1.29, 1.82) is 5.41 Å². The van der Waals surface area contributed by atoms with Gasteiger partial charge < -0.3 is 15.1 Å². The first-order valence-corrected chi connectivity index (χ1v) is 5.57. The number of rotatable bonds is 1. The van der Waals surface area contributed by atoms with Crippen molar-refractivity contribution in [3.8, 4) is 0 Å². The molecule has 80 valence electrons. The molecule has 0 aromatic carbocycles. The van der Waals surface area contributed by atoms with Crippen molar-refractivity contribution in [3.05, 3.63) is 0 Å². The molecule has 14 heavy (non-hydrogen) atoms. The molecule has 1 aliphatic rings. The van der Waals surface area contributed by atoms with Gasteiger partial charge in [-0.3, -0.25) is 5.41 Å². The summed E-state index contributed by atoms with van der Waals surface area (Å²) < 4.78 is 0. The Kier molecular flexibility index (Phi) is 3.77. The van der Waals surface area contributed by atoms with Crippen molar-refractivity contribution in [2.45, 2.75) is 12.5 Å². The van der Waals surface area contributed by atoms with E-state index in [1.165, 1.54) is 16.7 Å². The van der Waals surface area contributed by atoms with Gasteiger partial charge in [-0.15, -0.1) is 11.8 Å². The smallest absolute Gasteiger partial charge is 0.407 e. The second-order valence-corrected chi connectivity index (χ2v) is 4.11. The third-order valence-corrected chi connectivity index (χ3v) is 3.15. The van der Waals surface area contributed by atoms with Gasteiger partial charge in [0, 0.05) is 12.5 Å². The molecule has 0 bridgehead atoms. The molecular weight excluding hydrogens is 204 g/mol. The van der Waals surface area contributed by atoms with E-state index in [1.807, 2.05) is 0 Å². The Morgan fingerprint density at radius 1 is 1.64 bits per heavy atom. The van der Waals surface area contributed by atoms with Gasteiger partial charge in [0.2, 0.25) is 0 Å². The highest BCUT2D eigenvalue weighted by Gasteiger charge is 2.32. The van der Waals surface area contributed by atoms with Crippen LogP contribution in [0.2, 0.25) is 0 Å². The van der Waals surface area contributed by atoms with E-state index in [0.29, 0.717) is 18.0 Å². The maximum atomic E-state index is 10.6. The highest BCUT2D eigenvalue weighted by Crippen LogP contribution is 2.22. The third kappa shape index (κ3) is 2.39. The molecule has 0 aromatic heterocycles. The first kappa shape index (κ1) is 11.3. The average Bonchev–Trinajstić information content (AvgIpc) is 2.16. The maximum Gasteiger partial charge on any atom is 0.407 e. The molecule has 0 aromatic rings. The molecule has 6 heteroatoms. The Labute approximate surface area is 86.6 Å². The van der Waals surface area contributed by atoms with Crippen LogP contribution in [0.4, 0.5) is 4.79 Å². The molecule has 0 spiro atoms. The highest BCUT2D eigenvalue weighted by atomic mass is 32.2. The lowest BCUT2D eigenvalue weighted by atomic mass is 9.95. The zero-order valence-electron chi connectivity index (χ0n) is 7.93. The van der Waals surface area contributed by atoms with Crippen molar-refractivity contribution in [1.82, 2.24) is 4.90 Å². The summed E-state index contributed by atoms with van der Waals surface area (Å²) in [5.74, 6) is -0.194. The number of hydrogen-bond donors (Lipinski definition) is 3. The van der Waals surface area contributed by atoms with E-state index in [2.05, 4.69) is 0 Å². The predicted molar refractivity (Wildman–Crippen MR) is 55.0 cm³/mol. The van der Waals surface area contributed by atoms with Crippen molar-refractivity contribution in [3.63, 3.8) is 0 Å². The minimum Gasteiger partial charge on any atom is -0.465 e. The molecule has 1 aliphatic heterocycles. The van der Waals surface area contributed by atoms with Crippen molar-refractivity contribution in [2.24, 2.45) is 5.92 Å². The molecule has 0 aliphatic carbocycles. The van der Waals surface area contributed by atoms with Gasteiger partial charge in [0.1, 0.15) is 0 Å². The van der Waals surface area contributed by atoms with E-state index < -0.39 is 12.2 Å². The summed E-state index contributed by atoms with van der Waals surface area (Å²) in [6, 6.07) is 0. The summed E-state index contributed by atoms with van der Waals surface area (Å²) in [4.78, 5) is 11.8. The minimum atomic E-state index is -1.00. The molecule has 0 radical (unpaired) electrons. The van der Waals surface area contributed by atoms with Crippen molar-refractivity contribution < 1.29 is 15.0 Å². The van der Waals surface area contributed by atoms with Crippen LogP contribution >= 0.6 is 11.8 Å². The second-order valence-electron chi connectivity index (χ2n) is 3.26. The average molecular weight is 218 g/mol. The second kappa shape index (κ2) is 4.65. The van der Waals surface area contributed by atoms with Crippen LogP contribution in [0.3, 0.4) is 0 Å². The minimum absolute atomic E-state index is 0.114. The number of aliphatic hydroxyl groups is 1. The van der Waals surface area contributed by atoms with Gasteiger partial charge in [-0.25, -0.2) is 4.79 Å². The molecule has 5 nitrogen and oxygen atoms in total. The van der Waals surface area contributed by atoms with Crippen molar-refractivity contribution >= 4 is 22.9 Å². The van der Waals surface area contributed by atoms with Gasteiger partial charge in [0.25, 0.3) is 0 Å². The first-order chi connectivity index (χ1) is 6.56. The summed E-state index contributed by atoms with van der Waals surface area (Å²) >= 11 is 1.30. The molecule has 2 atom stereocenters. The normalized spacial score (nSPS) is 27.4. The van der Waals surface area contributed by atoms with Gasteiger partial charge in [0.15, 0.2) is 0 Å². The number of carboxylic acid groups (broad SMARTS) is 1. The molecule has 0 saturated carbocycles. The van der Waals surface area contributed by atoms with Crippen LogP contribution in [0.5, 0.6) is 0 Å². The van der Waals surface area contributed by atoms with Crippen LogP contribution in [0.1, 0.15) is 6.42 Å². The zero-order chi connectivity index (χ0) is 10.7. The van der Waals surface area contributed by atoms with Crippen LogP contribution in [0, 0.1) is 11.3 Å². The number of likely N-dealkylation sites (tertiary alicyclic amines) is 1. The fourth-order valence-electron chi connectivity index (χ4n) is 1.56. The monoisotopic (exact) mass is 218 g/mol. The largest absolute Gasteiger partial charge is 0.465 e. The Balaban J connectivity index is 2.56. The van der Waals surface area contributed by atoms with E-state index in [9.17, 15) is 9.90 Å². The topological polar surface area (TPSA) is 84.6 Å². The van der Waals surface area contributed by atoms with Crippen LogP contribution < -0.4 is 0 Å². The van der Waals surface area contributed by atoms with Crippen molar-refractivity contribution in [2.75, 3.05) is 19.3 Å². The summed E-state index contributed by atoms with van der Waals surface area (Å²) in [5.41, 5.74) is 0. The number of thioether (sulfide) groups is 1. The molecule has 1 amide bonds. The Morgan fingerprint density at radius 2 is 2.29 bits per heavy atom. The van der Waals surface area contributed by atoms with Crippen LogP contribution in [0.15, 0.2) is 0 Å². The van der Waals surface area contributed by atoms with Crippen LogP contribution in [0.25, 0.3) is 0 Å². The Bertz CT molecular complexity index is 247. The van der Waals surface area contributed by atoms with E-state index >= 15 is 0 Å². The van der Waals surface area contributed by atoms with E-state index in [0.717, 1.165) is 0 Å². The zero-order valence-corrected chi connectivity index (χ0v) is 8.75. The quantitative estimate of drug-likeness (QED) is 0.446. The Hall–Kier alpha value is -0.750. The molecule has 1 saturated heterocycles. The third-order valence-electron chi connectivity index (χ3n) is 2.41. The van der Waals surface area contributed by atoms with Crippen LogP contribution in [-0.4, -0.2) is 51.7 Å². The molecule has 1 rings (SSSR count). The van der Waals surface area contributed by atoms with Gasteiger partial charge in [0.05, 0.1) is 17.7 Å². The maximum absolute atomic E-state index is 10.6. The summed E-state index contributed by atoms with van der Waals surface area (Å²) in [6.07, 6.45) is 0.587. The Morgan fingerprint density at radius 3 is 2.71 bits per heavy atom. The molecule has 1 fully saturated rings. The molecule has 3 N–H and O–H groups in total. The van der Waals surface area contributed by atoms with Gasteiger partial charge in [-0.05, 0) is 12.7 Å². The first-order valence-electron chi connectivity index (χ1n) is 4.34. The fourth-order valence-corrected chi connectivity index (χ4v) is 2.14. The van der Waals surface area contributed by atoms with Crippen LogP contribution in [-0.2, 0) is 0 Å². The lowest BCUT2D eigenvalue weighted by Crippen LogP contribution is -2.47. The predicted octanol–water partition coefficient (Wildman–Crippen LogP) is 0.687. The summed E-state index contributed by atoms with van der Waals surface area (Å²) in [6.45, 7) is 0.517. The lowest BCUT2D eigenvalue weighted by Gasteiger charge is -2.34. The van der Waals surface area contributed by atoms with E-state index in [1.54, 1.807) is 6.26 Å². The number of hydrogen-bond acceptors (Lipinski definition) is 4. The van der Waals surface area contributed by atoms with Gasteiger partial charge in [-0.2, -0.15) is 0 Å². The number of aliphatic hydroxyl groups excluding tert-OH is 1. The number of amides is 1. The van der Waals surface area contributed by atoms with E-state index in [-0.39, 0.29) is 12.5 Å². The molecule has 2 unspecified atom stereocenters. The summed E-state index contributed by atoms with van der Waals surface area (Å²) in [7, 11) is 0. The molecular formula is C8H14N2O3S. The number of nitrogens with zero attached hydrogens (tertiary/aromatic N) is 1. The number of carbonyl (C=O) groups is 1. The summed E-state index contributed by atoms with van der Waals surface area (Å²) in [5, 5.41) is 26.3. The standard InChI is InChI=1S/C8H14N2O3S/c1-14-7(9)5-2-3-10(8(12)13)4-6(5)11/h5-6,9,11H,2-4H2,1H3,(H,12,13). The number of β-amino-alcohol motifs (C(OH)–C–C–N with tert-alkyl or cyclic N) is 1.